The lowest BCUT2D eigenvalue weighted by molar-refractivity contribution is -0.146. The lowest BCUT2D eigenvalue weighted by Crippen LogP contribution is -2.50. The first-order valence-corrected chi connectivity index (χ1v) is 10.7. The lowest BCUT2D eigenvalue weighted by atomic mass is 9.98. The zero-order chi connectivity index (χ0) is 24.1. The summed E-state index contributed by atoms with van der Waals surface area (Å²) < 4.78 is 5.50. The Kier molecular flexibility index (Phi) is 6.88. The van der Waals surface area contributed by atoms with Crippen LogP contribution in [0.3, 0.4) is 0 Å². The SMILES string of the molecule is O=C(N[C@@H](Cc1cnc[nH]1)C(=O)NC[C@H](O)C(=O)O)OCC1c2ccccc2-c2ccccc21. The molecule has 10 heteroatoms. The van der Waals surface area contributed by atoms with Crippen molar-refractivity contribution in [2.45, 2.75) is 24.5 Å². The van der Waals surface area contributed by atoms with Crippen molar-refractivity contribution in [1.82, 2.24) is 20.6 Å². The molecule has 1 aromatic heterocycles. The zero-order valence-corrected chi connectivity index (χ0v) is 18.1. The fourth-order valence-corrected chi connectivity index (χ4v) is 4.02. The van der Waals surface area contributed by atoms with Gasteiger partial charge in [-0.25, -0.2) is 14.6 Å². The van der Waals surface area contributed by atoms with Gasteiger partial charge >= 0.3 is 12.1 Å². The fraction of sp³-hybridized carbons (Fsp3) is 0.250. The number of alkyl carbamates (subject to hydrolysis) is 1. The maximum absolute atomic E-state index is 12.6. The molecule has 0 fully saturated rings. The minimum atomic E-state index is -1.76. The number of H-pyrrole nitrogens is 1. The summed E-state index contributed by atoms with van der Waals surface area (Å²) in [6.45, 7) is -0.421. The molecule has 0 bridgehead atoms. The number of aromatic amines is 1. The van der Waals surface area contributed by atoms with Crippen molar-refractivity contribution in [3.63, 3.8) is 0 Å². The van der Waals surface area contributed by atoms with Crippen LogP contribution in [0.15, 0.2) is 61.1 Å². The topological polar surface area (TPSA) is 154 Å². The van der Waals surface area contributed by atoms with Crippen LogP contribution in [0.2, 0.25) is 0 Å². The summed E-state index contributed by atoms with van der Waals surface area (Å²) in [6, 6.07) is 14.8. The molecule has 34 heavy (non-hydrogen) atoms. The van der Waals surface area contributed by atoms with Crippen molar-refractivity contribution in [2.24, 2.45) is 0 Å². The van der Waals surface area contributed by atoms with Gasteiger partial charge in [0, 0.05) is 24.2 Å². The Bertz CT molecular complexity index is 1130. The molecule has 10 nitrogen and oxygen atoms in total. The van der Waals surface area contributed by atoms with E-state index >= 15 is 0 Å². The van der Waals surface area contributed by atoms with E-state index < -0.39 is 36.7 Å². The summed E-state index contributed by atoms with van der Waals surface area (Å²) in [5.74, 6) is -2.26. The maximum atomic E-state index is 12.6. The van der Waals surface area contributed by atoms with Crippen LogP contribution >= 0.6 is 0 Å². The number of carboxylic acid groups (broad SMARTS) is 1. The highest BCUT2D eigenvalue weighted by atomic mass is 16.5. The predicted octanol–water partition coefficient (Wildman–Crippen LogP) is 1.42. The molecule has 1 aliphatic carbocycles. The number of aliphatic hydroxyl groups excluding tert-OH is 1. The van der Waals surface area contributed by atoms with Gasteiger partial charge < -0.3 is 30.6 Å². The number of carbonyl (C=O) groups is 3. The second kappa shape index (κ2) is 10.2. The molecule has 1 heterocycles. The van der Waals surface area contributed by atoms with Crippen LogP contribution in [0, 0.1) is 0 Å². The van der Waals surface area contributed by atoms with Crippen LogP contribution in [0.1, 0.15) is 22.7 Å². The Labute approximate surface area is 195 Å². The number of carbonyl (C=O) groups excluding carboxylic acids is 2. The smallest absolute Gasteiger partial charge is 0.407 e. The largest absolute Gasteiger partial charge is 0.479 e. The highest BCUT2D eigenvalue weighted by Crippen LogP contribution is 2.44. The number of carboxylic acids is 1. The van der Waals surface area contributed by atoms with Crippen molar-refractivity contribution in [3.05, 3.63) is 77.9 Å². The van der Waals surface area contributed by atoms with Gasteiger partial charge in [0.2, 0.25) is 5.91 Å². The highest BCUT2D eigenvalue weighted by Gasteiger charge is 2.30. The molecule has 0 saturated carbocycles. The molecular formula is C24H24N4O6. The van der Waals surface area contributed by atoms with Gasteiger partial charge in [-0.15, -0.1) is 0 Å². The normalized spacial score (nSPS) is 13.9. The van der Waals surface area contributed by atoms with Gasteiger partial charge in [0.15, 0.2) is 6.10 Å². The summed E-state index contributed by atoms with van der Waals surface area (Å²) in [5.41, 5.74) is 4.90. The molecule has 2 amide bonds. The summed E-state index contributed by atoms with van der Waals surface area (Å²) in [4.78, 5) is 42.8. The van der Waals surface area contributed by atoms with E-state index in [1.54, 1.807) is 0 Å². The third kappa shape index (κ3) is 5.07. The number of imidazole rings is 1. The maximum Gasteiger partial charge on any atom is 0.407 e. The predicted molar refractivity (Wildman–Crippen MR) is 121 cm³/mol. The molecule has 1 aliphatic rings. The average molecular weight is 464 g/mol. The standard InChI is InChI=1S/C24H24N4O6/c29-21(23(31)32)11-26-22(30)20(9-14-10-25-13-27-14)28-24(33)34-12-19-17-7-3-1-5-15(17)16-6-2-4-8-18(16)19/h1-8,10,13,19-21,29H,9,11-12H2,(H,25,27)(H,26,30)(H,28,33)(H,31,32)/t20-,21-/m0/s1. The first-order chi connectivity index (χ1) is 16.4. The Hall–Kier alpha value is -4.18. The van der Waals surface area contributed by atoms with Gasteiger partial charge in [-0.05, 0) is 22.3 Å². The fourth-order valence-electron chi connectivity index (χ4n) is 4.02. The number of amides is 2. The summed E-state index contributed by atoms with van der Waals surface area (Å²) in [6.07, 6.45) is 0.461. The van der Waals surface area contributed by atoms with Crippen LogP contribution in [-0.4, -0.2) is 63.4 Å². The summed E-state index contributed by atoms with van der Waals surface area (Å²) in [5, 5.41) is 23.1. The Morgan fingerprint density at radius 1 is 1.06 bits per heavy atom. The Morgan fingerprint density at radius 3 is 2.29 bits per heavy atom. The number of aliphatic hydroxyl groups is 1. The van der Waals surface area contributed by atoms with Crippen LogP contribution in [-0.2, 0) is 20.7 Å². The first-order valence-electron chi connectivity index (χ1n) is 10.7. The number of aliphatic carboxylic acids is 1. The zero-order valence-electron chi connectivity index (χ0n) is 18.1. The molecule has 0 spiro atoms. The molecule has 5 N–H and O–H groups in total. The van der Waals surface area contributed by atoms with Gasteiger partial charge in [-0.3, -0.25) is 4.79 Å². The molecule has 2 atom stereocenters. The quantitative estimate of drug-likeness (QED) is 0.321. The van der Waals surface area contributed by atoms with E-state index in [2.05, 4.69) is 20.6 Å². The van der Waals surface area contributed by atoms with Crippen molar-refractivity contribution < 1.29 is 29.3 Å². The number of fused-ring (bicyclic) bond motifs is 3. The van der Waals surface area contributed by atoms with E-state index in [4.69, 9.17) is 9.84 Å². The second-order valence-corrected chi connectivity index (χ2v) is 7.90. The minimum Gasteiger partial charge on any atom is -0.479 e. The third-order valence-electron chi connectivity index (χ3n) is 5.69. The minimum absolute atomic E-state index is 0.0686. The number of aromatic nitrogens is 2. The number of nitrogens with one attached hydrogen (secondary N) is 3. The Balaban J connectivity index is 1.42. The molecule has 2 aromatic carbocycles. The summed E-state index contributed by atoms with van der Waals surface area (Å²) in [7, 11) is 0. The van der Waals surface area contributed by atoms with Crippen LogP contribution in [0.25, 0.3) is 11.1 Å². The number of hydrogen-bond donors (Lipinski definition) is 5. The number of hydrogen-bond acceptors (Lipinski definition) is 6. The molecule has 0 unspecified atom stereocenters. The molecule has 0 saturated heterocycles. The molecule has 4 rings (SSSR count). The molecule has 3 aromatic rings. The van der Waals surface area contributed by atoms with E-state index in [1.165, 1.54) is 12.5 Å². The van der Waals surface area contributed by atoms with Crippen molar-refractivity contribution >= 4 is 18.0 Å². The highest BCUT2D eigenvalue weighted by molar-refractivity contribution is 5.86. The van der Waals surface area contributed by atoms with Gasteiger partial charge in [-0.2, -0.15) is 0 Å². The van der Waals surface area contributed by atoms with Crippen molar-refractivity contribution in [1.29, 1.82) is 0 Å². The monoisotopic (exact) mass is 464 g/mol. The van der Waals surface area contributed by atoms with Crippen molar-refractivity contribution in [3.8, 4) is 11.1 Å². The summed E-state index contributed by atoms with van der Waals surface area (Å²) >= 11 is 0. The molecule has 176 valence electrons. The molecule has 0 aliphatic heterocycles. The third-order valence-corrected chi connectivity index (χ3v) is 5.69. The van der Waals surface area contributed by atoms with Gasteiger partial charge in [-0.1, -0.05) is 48.5 Å². The van der Waals surface area contributed by atoms with Crippen LogP contribution in [0.4, 0.5) is 4.79 Å². The molecule has 0 radical (unpaired) electrons. The number of nitrogens with zero attached hydrogens (tertiary/aromatic N) is 1. The van der Waals surface area contributed by atoms with E-state index in [0.717, 1.165) is 22.3 Å². The van der Waals surface area contributed by atoms with Crippen molar-refractivity contribution in [2.75, 3.05) is 13.2 Å². The van der Waals surface area contributed by atoms with Gasteiger partial charge in [0.25, 0.3) is 0 Å². The lowest BCUT2D eigenvalue weighted by Gasteiger charge is -2.20. The number of rotatable bonds is 9. The average Bonchev–Trinajstić information content (AvgIpc) is 3.46. The first kappa shape index (κ1) is 23.0. The van der Waals surface area contributed by atoms with E-state index in [9.17, 15) is 19.5 Å². The van der Waals surface area contributed by atoms with E-state index in [1.807, 2.05) is 48.5 Å². The van der Waals surface area contributed by atoms with Crippen LogP contribution in [0.5, 0.6) is 0 Å². The number of benzene rings is 2. The van der Waals surface area contributed by atoms with E-state index in [-0.39, 0.29) is 18.9 Å². The van der Waals surface area contributed by atoms with Gasteiger partial charge in [0.1, 0.15) is 12.6 Å². The van der Waals surface area contributed by atoms with Gasteiger partial charge in [0.05, 0.1) is 12.9 Å². The van der Waals surface area contributed by atoms with Crippen LogP contribution < -0.4 is 10.6 Å². The van der Waals surface area contributed by atoms with E-state index in [0.29, 0.717) is 5.69 Å². The Morgan fingerprint density at radius 2 is 1.71 bits per heavy atom. The number of ether oxygens (including phenoxy) is 1. The second-order valence-electron chi connectivity index (χ2n) is 7.90. The molecular weight excluding hydrogens is 440 g/mol.